The molecule has 0 aromatic carbocycles. The van der Waals surface area contributed by atoms with E-state index in [1.165, 1.54) is 0 Å². The van der Waals surface area contributed by atoms with Gasteiger partial charge in [0.25, 0.3) is 0 Å². The molecule has 3 heteroatoms. The lowest BCUT2D eigenvalue weighted by Crippen LogP contribution is -2.25. The number of rotatable bonds is 4. The highest BCUT2D eigenvalue weighted by molar-refractivity contribution is 6.06. The quantitative estimate of drug-likeness (QED) is 0.577. The van der Waals surface area contributed by atoms with E-state index in [4.69, 9.17) is 0 Å². The van der Waals surface area contributed by atoms with Crippen LogP contribution in [0.3, 0.4) is 0 Å². The first-order chi connectivity index (χ1) is 5.37. The Labute approximate surface area is 74.0 Å². The van der Waals surface area contributed by atoms with Gasteiger partial charge in [0.1, 0.15) is 0 Å². The van der Waals surface area contributed by atoms with Crippen LogP contribution in [0.2, 0.25) is 0 Å². The fourth-order valence-electron chi connectivity index (χ4n) is 0.573. The Morgan fingerprint density at radius 3 is 1.33 bits per heavy atom. The number of Topliss-reactive ketones (excluding diaryl/α,β-unsaturated/α-hetero) is 1. The molecule has 0 heterocycles. The molecule has 0 fully saturated rings. The first-order valence-corrected chi connectivity index (χ1v) is 3.65. The highest BCUT2D eigenvalue weighted by Gasteiger charge is 2.13. The Morgan fingerprint density at radius 2 is 1.17 bits per heavy atom. The topological polar surface area (TPSA) is 23.6 Å². The Kier molecular flexibility index (Phi) is 3.54. The van der Waals surface area contributed by atoms with E-state index in [-0.39, 0.29) is 5.78 Å². The van der Waals surface area contributed by atoms with Crippen molar-refractivity contribution in [2.24, 2.45) is 0 Å². The van der Waals surface area contributed by atoms with Crippen LogP contribution in [0.4, 0.5) is 0 Å². The smallest absolute Gasteiger partial charge is 0.223 e. The molecule has 0 rings (SSSR count). The van der Waals surface area contributed by atoms with Gasteiger partial charge >= 0.3 is 0 Å². The minimum atomic E-state index is -0.120. The van der Waals surface area contributed by atoms with E-state index >= 15 is 0 Å². The van der Waals surface area contributed by atoms with Gasteiger partial charge in [-0.1, -0.05) is 13.2 Å². The van der Waals surface area contributed by atoms with Crippen molar-refractivity contribution in [2.75, 3.05) is 28.2 Å². The monoisotopic (exact) mass is 168 g/mol. The van der Waals surface area contributed by atoms with Gasteiger partial charge in [0.05, 0.1) is 11.4 Å². The van der Waals surface area contributed by atoms with Crippen molar-refractivity contribution in [1.29, 1.82) is 0 Å². The molecule has 0 atom stereocenters. The number of ketones is 1. The van der Waals surface area contributed by atoms with Crippen LogP contribution in [0.15, 0.2) is 24.6 Å². The van der Waals surface area contributed by atoms with E-state index in [1.54, 1.807) is 38.0 Å². The molecule has 0 aliphatic heterocycles. The van der Waals surface area contributed by atoms with Gasteiger partial charge in [-0.25, -0.2) is 0 Å². The molecule has 0 saturated heterocycles. The molecule has 0 aromatic rings. The molecule has 0 radical (unpaired) electrons. The van der Waals surface area contributed by atoms with E-state index in [1.807, 2.05) is 0 Å². The second-order valence-electron chi connectivity index (χ2n) is 3.01. The van der Waals surface area contributed by atoms with Crippen molar-refractivity contribution in [2.45, 2.75) is 0 Å². The zero-order valence-electron chi connectivity index (χ0n) is 8.22. The number of likely N-dealkylation sites (N-methyl/N-ethyl adjacent to an activating group) is 2. The summed E-state index contributed by atoms with van der Waals surface area (Å²) in [5.41, 5.74) is 0.905. The summed E-state index contributed by atoms with van der Waals surface area (Å²) in [7, 11) is 7.12. The summed E-state index contributed by atoms with van der Waals surface area (Å²) in [5, 5.41) is 0. The summed E-state index contributed by atoms with van der Waals surface area (Å²) in [5.74, 6) is -0.120. The fraction of sp³-hybridized carbons (Fsp3) is 0.444. The third-order valence-electron chi connectivity index (χ3n) is 1.60. The highest BCUT2D eigenvalue weighted by atomic mass is 16.1. The third-order valence-corrected chi connectivity index (χ3v) is 1.60. The van der Waals surface area contributed by atoms with Crippen LogP contribution >= 0.6 is 0 Å². The van der Waals surface area contributed by atoms with Crippen molar-refractivity contribution in [3.8, 4) is 0 Å². The predicted octanol–water partition coefficient (Wildman–Crippen LogP) is 0.706. The molecule has 0 aliphatic rings. The average molecular weight is 168 g/mol. The molecule has 68 valence electrons. The van der Waals surface area contributed by atoms with Crippen molar-refractivity contribution < 1.29 is 4.79 Å². The normalized spacial score (nSPS) is 9.00. The lowest BCUT2D eigenvalue weighted by atomic mass is 10.2. The van der Waals surface area contributed by atoms with Gasteiger partial charge in [0, 0.05) is 28.2 Å². The van der Waals surface area contributed by atoms with E-state index in [2.05, 4.69) is 13.2 Å². The van der Waals surface area contributed by atoms with Crippen LogP contribution in [-0.2, 0) is 4.79 Å². The van der Waals surface area contributed by atoms with Gasteiger partial charge in [0.15, 0.2) is 0 Å². The minimum Gasteiger partial charge on any atom is -0.375 e. The predicted molar refractivity (Wildman–Crippen MR) is 50.7 cm³/mol. The Bertz CT molecular complexity index is 195. The second-order valence-corrected chi connectivity index (χ2v) is 3.01. The van der Waals surface area contributed by atoms with Crippen LogP contribution in [0.1, 0.15) is 0 Å². The molecule has 3 nitrogen and oxygen atoms in total. The summed E-state index contributed by atoms with van der Waals surface area (Å²) in [6.45, 7) is 7.29. The Hall–Kier alpha value is -1.25. The molecule has 0 amide bonds. The van der Waals surface area contributed by atoms with Crippen LogP contribution in [0.5, 0.6) is 0 Å². The minimum absolute atomic E-state index is 0.120. The third kappa shape index (κ3) is 2.42. The molecule has 0 N–H and O–H groups in total. The molecule has 0 aromatic heterocycles. The van der Waals surface area contributed by atoms with Gasteiger partial charge in [0.2, 0.25) is 5.78 Å². The van der Waals surface area contributed by atoms with E-state index in [0.29, 0.717) is 11.4 Å². The zero-order valence-corrected chi connectivity index (χ0v) is 8.22. The molecule has 0 bridgehead atoms. The maximum Gasteiger partial charge on any atom is 0.223 e. The largest absolute Gasteiger partial charge is 0.375 e. The van der Waals surface area contributed by atoms with Gasteiger partial charge in [-0.2, -0.15) is 0 Å². The van der Waals surface area contributed by atoms with Crippen LogP contribution in [-0.4, -0.2) is 43.8 Å². The second kappa shape index (κ2) is 3.95. The summed E-state index contributed by atoms with van der Waals surface area (Å²) in [6, 6.07) is 0. The first-order valence-electron chi connectivity index (χ1n) is 3.65. The first kappa shape index (κ1) is 10.8. The van der Waals surface area contributed by atoms with E-state index in [9.17, 15) is 4.79 Å². The van der Waals surface area contributed by atoms with Crippen molar-refractivity contribution in [1.82, 2.24) is 9.80 Å². The van der Waals surface area contributed by atoms with Crippen LogP contribution in [0.25, 0.3) is 0 Å². The molecule has 0 unspecified atom stereocenters. The molecule has 12 heavy (non-hydrogen) atoms. The maximum absolute atomic E-state index is 11.4. The Morgan fingerprint density at radius 1 is 0.917 bits per heavy atom. The standard InChI is InChI=1S/C9H16N2O/c1-7(10(3)4)9(12)8(2)11(5)6/h1-2H2,3-6H3. The molecule has 0 aliphatic carbocycles. The maximum atomic E-state index is 11.4. The number of carbonyl (C=O) groups excluding carboxylic acids is 1. The summed E-state index contributed by atoms with van der Waals surface area (Å²) in [4.78, 5) is 14.8. The molecular formula is C9H16N2O. The Balaban J connectivity index is 4.41. The molecular weight excluding hydrogens is 152 g/mol. The molecule has 0 spiro atoms. The van der Waals surface area contributed by atoms with Crippen molar-refractivity contribution in [3.63, 3.8) is 0 Å². The summed E-state index contributed by atoms with van der Waals surface area (Å²) >= 11 is 0. The molecule has 0 saturated carbocycles. The van der Waals surface area contributed by atoms with Gasteiger partial charge < -0.3 is 9.80 Å². The lowest BCUT2D eigenvalue weighted by Gasteiger charge is -2.19. The van der Waals surface area contributed by atoms with Crippen molar-refractivity contribution >= 4 is 5.78 Å². The van der Waals surface area contributed by atoms with E-state index < -0.39 is 0 Å². The summed E-state index contributed by atoms with van der Waals surface area (Å²) < 4.78 is 0. The van der Waals surface area contributed by atoms with Gasteiger partial charge in [-0.3, -0.25) is 4.79 Å². The number of hydrogen-bond acceptors (Lipinski definition) is 3. The van der Waals surface area contributed by atoms with Crippen LogP contribution in [0, 0.1) is 0 Å². The summed E-state index contributed by atoms with van der Waals surface area (Å²) in [6.07, 6.45) is 0. The number of hydrogen-bond donors (Lipinski definition) is 0. The number of carbonyl (C=O) groups is 1. The van der Waals surface area contributed by atoms with Gasteiger partial charge in [-0.05, 0) is 0 Å². The lowest BCUT2D eigenvalue weighted by molar-refractivity contribution is -0.114. The van der Waals surface area contributed by atoms with E-state index in [0.717, 1.165) is 0 Å². The SMILES string of the molecule is C=C(C(=O)C(=C)N(C)C)N(C)C. The van der Waals surface area contributed by atoms with Gasteiger partial charge in [-0.15, -0.1) is 0 Å². The number of nitrogens with zero attached hydrogens (tertiary/aromatic N) is 2. The van der Waals surface area contributed by atoms with Crippen LogP contribution < -0.4 is 0 Å². The average Bonchev–Trinajstić information content (AvgIpc) is 2.00. The zero-order chi connectivity index (χ0) is 9.89. The fourth-order valence-corrected chi connectivity index (χ4v) is 0.573. The van der Waals surface area contributed by atoms with Crippen molar-refractivity contribution in [3.05, 3.63) is 24.6 Å². The highest BCUT2D eigenvalue weighted by Crippen LogP contribution is 2.05.